The van der Waals surface area contributed by atoms with Gasteiger partial charge in [0.05, 0.1) is 17.4 Å². The number of hydrogen-bond acceptors (Lipinski definition) is 7. The Hall–Kier alpha value is -3.53. The van der Waals surface area contributed by atoms with Crippen LogP contribution >= 0.6 is 0 Å². The average molecular weight is 528 g/mol. The molecule has 1 aliphatic carbocycles. The number of halogens is 1. The minimum Gasteiger partial charge on any atom is -0.487 e. The second-order valence-corrected chi connectivity index (χ2v) is 11.0. The van der Waals surface area contributed by atoms with E-state index in [2.05, 4.69) is 23.4 Å². The molecule has 2 aliphatic heterocycles. The maximum Gasteiger partial charge on any atom is 0.157 e. The van der Waals surface area contributed by atoms with E-state index in [9.17, 15) is 9.50 Å². The summed E-state index contributed by atoms with van der Waals surface area (Å²) in [6, 6.07) is 8.46. The van der Waals surface area contributed by atoms with E-state index >= 15 is 0 Å². The molecule has 0 spiro atoms. The van der Waals surface area contributed by atoms with E-state index in [4.69, 9.17) is 22.7 Å². The van der Waals surface area contributed by atoms with Crippen molar-refractivity contribution in [1.29, 1.82) is 0 Å². The highest BCUT2D eigenvalue weighted by Crippen LogP contribution is 2.42. The monoisotopic (exact) mass is 528 g/mol. The van der Waals surface area contributed by atoms with Gasteiger partial charge < -0.3 is 25.0 Å². The van der Waals surface area contributed by atoms with Gasteiger partial charge in [-0.15, -0.1) is 0 Å². The van der Waals surface area contributed by atoms with Crippen LogP contribution in [0, 0.1) is 5.82 Å². The number of rotatable bonds is 2. The molecule has 4 heterocycles. The van der Waals surface area contributed by atoms with Gasteiger partial charge in [0.25, 0.3) is 0 Å². The van der Waals surface area contributed by atoms with Crippen LogP contribution in [-0.2, 0) is 0 Å². The van der Waals surface area contributed by atoms with Crippen molar-refractivity contribution >= 4 is 25.0 Å². The molecule has 202 valence electrons. The molecule has 2 aromatic heterocycles. The fourth-order valence-electron chi connectivity index (χ4n) is 5.64. The first-order valence-corrected chi connectivity index (χ1v) is 13.7. The van der Waals surface area contributed by atoms with Crippen LogP contribution in [0.3, 0.4) is 0 Å². The van der Waals surface area contributed by atoms with Crippen LogP contribution in [0.4, 0.5) is 10.2 Å². The second kappa shape index (κ2) is 9.90. The molecule has 3 aliphatic rings. The standard InChI is InChI=1S/C29H34BFN6O2/c1-18-17-39-26-10-9-21(31)14-22(26)19(2)35-12-5-4-6-25(35)24-15-27-33-23(20-7-8-20)16-28(37(27)34-24)36(13-11-32-18)29(3,30)38/h9-10,14-16,20,25,32,38H,1-2,4-8,11-13,17H2,3H3. The summed E-state index contributed by atoms with van der Waals surface area (Å²) in [7, 11) is 6.30. The van der Waals surface area contributed by atoms with E-state index in [0.29, 0.717) is 53.2 Å². The molecule has 39 heavy (non-hydrogen) atoms. The summed E-state index contributed by atoms with van der Waals surface area (Å²) in [5.41, 5.74) is 2.87. The highest BCUT2D eigenvalue weighted by atomic mass is 19.1. The number of fused-ring (bicyclic) bond motifs is 4. The molecular weight excluding hydrogens is 494 g/mol. The van der Waals surface area contributed by atoms with Gasteiger partial charge in [0.2, 0.25) is 0 Å². The third kappa shape index (κ3) is 5.10. The summed E-state index contributed by atoms with van der Waals surface area (Å²) < 4.78 is 22.3. The molecule has 6 rings (SSSR count). The number of piperidine rings is 1. The summed E-state index contributed by atoms with van der Waals surface area (Å²) in [5, 5.41) is 19.3. The van der Waals surface area contributed by atoms with E-state index in [1.165, 1.54) is 12.1 Å². The summed E-state index contributed by atoms with van der Waals surface area (Å²) in [6.45, 7) is 11.8. The van der Waals surface area contributed by atoms with Crippen molar-refractivity contribution in [2.75, 3.05) is 31.1 Å². The normalized spacial score (nSPS) is 22.2. The highest BCUT2D eigenvalue weighted by Gasteiger charge is 2.33. The fraction of sp³-hybridized carbons (Fsp3) is 0.448. The van der Waals surface area contributed by atoms with Crippen LogP contribution < -0.4 is 15.0 Å². The Labute approximate surface area is 229 Å². The van der Waals surface area contributed by atoms with Gasteiger partial charge in [-0.1, -0.05) is 13.2 Å². The van der Waals surface area contributed by atoms with Gasteiger partial charge in [-0.3, -0.25) is 0 Å². The summed E-state index contributed by atoms with van der Waals surface area (Å²) in [5.74, 6) is 1.28. The predicted octanol–water partition coefficient (Wildman–Crippen LogP) is 4.08. The van der Waals surface area contributed by atoms with Crippen molar-refractivity contribution < 1.29 is 14.2 Å². The number of hydrogen-bond donors (Lipinski definition) is 2. The maximum atomic E-state index is 14.4. The van der Waals surface area contributed by atoms with Crippen LogP contribution in [0.15, 0.2) is 49.2 Å². The van der Waals surface area contributed by atoms with Crippen LogP contribution in [0.5, 0.6) is 5.75 Å². The van der Waals surface area contributed by atoms with Crippen LogP contribution in [0.25, 0.3) is 11.3 Å². The molecule has 3 aromatic rings. The summed E-state index contributed by atoms with van der Waals surface area (Å²) >= 11 is 0. The number of anilines is 1. The van der Waals surface area contributed by atoms with Gasteiger partial charge in [0, 0.05) is 60.3 Å². The number of nitrogens with zero attached hydrogens (tertiary/aromatic N) is 5. The molecule has 8 nitrogen and oxygen atoms in total. The lowest BCUT2D eigenvalue weighted by molar-refractivity contribution is 0.141. The first-order valence-electron chi connectivity index (χ1n) is 13.7. The molecule has 1 aromatic carbocycles. The topological polar surface area (TPSA) is 78.2 Å². The van der Waals surface area contributed by atoms with Crippen molar-refractivity contribution in [1.82, 2.24) is 24.8 Å². The molecule has 1 saturated carbocycles. The zero-order valence-corrected chi connectivity index (χ0v) is 22.4. The van der Waals surface area contributed by atoms with E-state index in [1.807, 2.05) is 12.1 Å². The van der Waals surface area contributed by atoms with Gasteiger partial charge in [0.1, 0.15) is 31.8 Å². The molecule has 2 N–H and O–H groups in total. The Balaban J connectivity index is 1.51. The Morgan fingerprint density at radius 2 is 1.95 bits per heavy atom. The van der Waals surface area contributed by atoms with Crippen molar-refractivity contribution in [2.45, 2.75) is 56.6 Å². The SMILES string of the molecule is [B]C(C)(O)N1CCNC(=C)COc2ccc(F)cc2C(=C)N2CCCCC2c2cc3nc(C4CC4)cc1n3n2. The van der Waals surface area contributed by atoms with Crippen LogP contribution in [0.1, 0.15) is 67.9 Å². The largest absolute Gasteiger partial charge is 0.487 e. The predicted molar refractivity (Wildman–Crippen MR) is 150 cm³/mol. The minimum absolute atomic E-state index is 0.0716. The van der Waals surface area contributed by atoms with Crippen molar-refractivity contribution in [2.24, 2.45) is 0 Å². The molecule has 2 bridgehead atoms. The first-order chi connectivity index (χ1) is 18.7. The lowest BCUT2D eigenvalue weighted by Gasteiger charge is -2.38. The Kier molecular flexibility index (Phi) is 6.53. The third-order valence-electron chi connectivity index (χ3n) is 7.82. The van der Waals surface area contributed by atoms with E-state index in [1.54, 1.807) is 22.4 Å². The molecule has 2 atom stereocenters. The van der Waals surface area contributed by atoms with Gasteiger partial charge in [0.15, 0.2) is 5.65 Å². The second-order valence-electron chi connectivity index (χ2n) is 11.0. The van der Waals surface area contributed by atoms with Crippen LogP contribution in [-0.4, -0.2) is 64.3 Å². The third-order valence-corrected chi connectivity index (χ3v) is 7.82. The van der Waals surface area contributed by atoms with Gasteiger partial charge in [-0.25, -0.2) is 9.37 Å². The maximum absolute atomic E-state index is 14.4. The van der Waals surface area contributed by atoms with Crippen molar-refractivity contribution in [3.63, 3.8) is 0 Å². The Bertz CT molecular complexity index is 1430. The first kappa shape index (κ1) is 25.7. The van der Waals surface area contributed by atoms with Crippen molar-refractivity contribution in [3.05, 3.63) is 72.0 Å². The zero-order valence-electron chi connectivity index (χ0n) is 22.4. The van der Waals surface area contributed by atoms with E-state index in [0.717, 1.165) is 50.0 Å². The highest BCUT2D eigenvalue weighted by molar-refractivity contribution is 6.15. The molecule has 2 radical (unpaired) electrons. The number of aromatic nitrogens is 3. The number of benzene rings is 1. The molecule has 2 fully saturated rings. The average Bonchev–Trinajstić information content (AvgIpc) is 3.67. The van der Waals surface area contributed by atoms with Crippen LogP contribution in [0.2, 0.25) is 0 Å². The Morgan fingerprint density at radius 3 is 2.72 bits per heavy atom. The molecule has 0 amide bonds. The smallest absolute Gasteiger partial charge is 0.157 e. The number of nitrogens with one attached hydrogen (secondary N) is 1. The van der Waals surface area contributed by atoms with Gasteiger partial charge >= 0.3 is 0 Å². The lowest BCUT2D eigenvalue weighted by atomic mass is 9.91. The summed E-state index contributed by atoms with van der Waals surface area (Å²) in [4.78, 5) is 8.90. The zero-order chi connectivity index (χ0) is 27.3. The number of ether oxygens (including phenoxy) is 1. The van der Waals surface area contributed by atoms with Crippen molar-refractivity contribution in [3.8, 4) is 5.75 Å². The summed E-state index contributed by atoms with van der Waals surface area (Å²) in [6.07, 6.45) is 5.09. The molecule has 1 saturated heterocycles. The quantitative estimate of drug-likeness (QED) is 0.486. The molecule has 10 heteroatoms. The van der Waals surface area contributed by atoms with E-state index in [-0.39, 0.29) is 18.5 Å². The fourth-order valence-corrected chi connectivity index (χ4v) is 5.64. The van der Waals surface area contributed by atoms with E-state index < -0.39 is 5.62 Å². The lowest BCUT2D eigenvalue weighted by Crippen LogP contribution is -2.50. The minimum atomic E-state index is -1.64. The van der Waals surface area contributed by atoms with Gasteiger partial charge in [-0.2, -0.15) is 9.61 Å². The molecule has 2 unspecified atom stereocenters. The molecular formula is C29H34BFN6O2. The number of aliphatic hydroxyl groups is 1. The Morgan fingerprint density at radius 1 is 1.13 bits per heavy atom. The van der Waals surface area contributed by atoms with Gasteiger partial charge in [-0.05, 0) is 57.2 Å².